The first-order chi connectivity index (χ1) is 9.47. The van der Waals surface area contributed by atoms with Gasteiger partial charge in [0.1, 0.15) is 0 Å². The first-order valence-electron chi connectivity index (χ1n) is 6.49. The van der Waals surface area contributed by atoms with Gasteiger partial charge in [0.25, 0.3) is 5.91 Å². The van der Waals surface area contributed by atoms with Crippen molar-refractivity contribution >= 4 is 29.6 Å². The molecule has 4 nitrogen and oxygen atoms in total. The summed E-state index contributed by atoms with van der Waals surface area (Å²) in [4.78, 5) is 22.5. The molecule has 0 saturated heterocycles. The van der Waals surface area contributed by atoms with Crippen molar-refractivity contribution in [1.29, 1.82) is 0 Å². The fourth-order valence-corrected chi connectivity index (χ4v) is 1.97. The number of nitrogens with one attached hydrogen (secondary N) is 1. The molecule has 0 radical (unpaired) electrons. The average molecular weight is 296 g/mol. The molecule has 20 heavy (non-hydrogen) atoms. The van der Waals surface area contributed by atoms with Gasteiger partial charge < -0.3 is 10.4 Å². The Morgan fingerprint density at radius 3 is 2.50 bits per heavy atom. The van der Waals surface area contributed by atoms with Gasteiger partial charge in [-0.15, -0.1) is 0 Å². The number of hydrogen-bond acceptors (Lipinski definition) is 2. The number of amides is 1. The molecule has 0 aliphatic carbocycles. The van der Waals surface area contributed by atoms with Gasteiger partial charge in [-0.2, -0.15) is 0 Å². The maximum absolute atomic E-state index is 12.0. The minimum absolute atomic E-state index is 0.146. The molecule has 1 rings (SSSR count). The average Bonchev–Trinajstić information content (AvgIpc) is 2.42. The molecule has 1 aromatic carbocycles. The fraction of sp³-hybridized carbons (Fsp3) is 0.333. The summed E-state index contributed by atoms with van der Waals surface area (Å²) in [5.74, 6) is -1.22. The van der Waals surface area contributed by atoms with Crippen molar-refractivity contribution in [1.82, 2.24) is 5.32 Å². The van der Waals surface area contributed by atoms with Crippen LogP contribution in [0.5, 0.6) is 0 Å². The van der Waals surface area contributed by atoms with Gasteiger partial charge >= 0.3 is 5.97 Å². The highest BCUT2D eigenvalue weighted by molar-refractivity contribution is 6.32. The predicted octanol–water partition coefficient (Wildman–Crippen LogP) is 3.36. The number of carbonyl (C=O) groups is 2. The first-order valence-corrected chi connectivity index (χ1v) is 6.87. The van der Waals surface area contributed by atoms with E-state index in [1.807, 2.05) is 13.8 Å². The number of aliphatic carboxylic acids is 1. The lowest BCUT2D eigenvalue weighted by Crippen LogP contribution is -2.33. The van der Waals surface area contributed by atoms with Gasteiger partial charge in [0, 0.05) is 22.7 Å². The van der Waals surface area contributed by atoms with E-state index in [9.17, 15) is 9.59 Å². The van der Waals surface area contributed by atoms with Crippen LogP contribution >= 0.6 is 11.6 Å². The van der Waals surface area contributed by atoms with E-state index in [4.69, 9.17) is 16.7 Å². The topological polar surface area (TPSA) is 66.4 Å². The summed E-state index contributed by atoms with van der Waals surface area (Å²) in [7, 11) is 0. The lowest BCUT2D eigenvalue weighted by molar-refractivity contribution is -0.131. The number of halogens is 1. The molecular weight excluding hydrogens is 278 g/mol. The summed E-state index contributed by atoms with van der Waals surface area (Å²) in [5, 5.41) is 11.8. The van der Waals surface area contributed by atoms with Crippen LogP contribution in [0.4, 0.5) is 0 Å². The SMILES string of the molecule is CCC(CC)NC(=O)c1ccc(/C=C/C(=O)O)c(Cl)c1. The Morgan fingerprint density at radius 1 is 1.35 bits per heavy atom. The molecule has 0 bridgehead atoms. The van der Waals surface area contributed by atoms with Crippen molar-refractivity contribution in [3.63, 3.8) is 0 Å². The molecule has 5 heteroatoms. The Labute approximate surface area is 123 Å². The minimum Gasteiger partial charge on any atom is -0.478 e. The molecule has 0 aromatic heterocycles. The fourth-order valence-electron chi connectivity index (χ4n) is 1.73. The molecule has 0 spiro atoms. The molecule has 0 heterocycles. The lowest BCUT2D eigenvalue weighted by atomic mass is 10.1. The highest BCUT2D eigenvalue weighted by atomic mass is 35.5. The molecule has 1 aromatic rings. The van der Waals surface area contributed by atoms with E-state index in [-0.39, 0.29) is 11.9 Å². The molecule has 0 atom stereocenters. The summed E-state index contributed by atoms with van der Waals surface area (Å²) in [6.45, 7) is 4.03. The van der Waals surface area contributed by atoms with Crippen LogP contribution in [0.1, 0.15) is 42.6 Å². The number of carboxylic acid groups (broad SMARTS) is 1. The molecule has 1 amide bonds. The van der Waals surface area contributed by atoms with Crippen LogP contribution in [0, 0.1) is 0 Å². The highest BCUT2D eigenvalue weighted by Gasteiger charge is 2.11. The number of rotatable bonds is 6. The minimum atomic E-state index is -1.04. The van der Waals surface area contributed by atoms with Gasteiger partial charge in [-0.1, -0.05) is 31.5 Å². The van der Waals surface area contributed by atoms with Crippen LogP contribution in [0.3, 0.4) is 0 Å². The standard InChI is InChI=1S/C15H18ClNO3/c1-3-12(4-2)17-15(20)11-6-5-10(13(16)9-11)7-8-14(18)19/h5-9,12H,3-4H2,1-2H3,(H,17,20)(H,18,19)/b8-7+. The number of hydrogen-bond donors (Lipinski definition) is 2. The molecular formula is C15H18ClNO3. The molecule has 108 valence electrons. The van der Waals surface area contributed by atoms with Gasteiger partial charge in [0.2, 0.25) is 0 Å². The Hall–Kier alpha value is -1.81. The zero-order chi connectivity index (χ0) is 15.1. The number of carboxylic acids is 1. The molecule has 0 aliphatic rings. The Balaban J connectivity index is 2.86. The molecule has 0 aliphatic heterocycles. The third-order valence-corrected chi connectivity index (χ3v) is 3.32. The summed E-state index contributed by atoms with van der Waals surface area (Å²) in [6, 6.07) is 4.95. The lowest BCUT2D eigenvalue weighted by Gasteiger charge is -2.15. The van der Waals surface area contributed by atoms with Gasteiger partial charge in [-0.05, 0) is 36.6 Å². The zero-order valence-electron chi connectivity index (χ0n) is 11.5. The monoisotopic (exact) mass is 295 g/mol. The van der Waals surface area contributed by atoms with Crippen molar-refractivity contribution in [3.05, 3.63) is 40.4 Å². The van der Waals surface area contributed by atoms with E-state index in [0.29, 0.717) is 16.1 Å². The zero-order valence-corrected chi connectivity index (χ0v) is 12.3. The maximum Gasteiger partial charge on any atom is 0.328 e. The molecule has 0 unspecified atom stereocenters. The van der Waals surface area contributed by atoms with Crippen LogP contribution in [-0.2, 0) is 4.79 Å². The normalized spacial score (nSPS) is 11.0. The second-order valence-electron chi connectivity index (χ2n) is 4.39. The Morgan fingerprint density at radius 2 is 2.00 bits per heavy atom. The number of carbonyl (C=O) groups excluding carboxylic acids is 1. The van der Waals surface area contributed by atoms with Gasteiger partial charge in [0.05, 0.1) is 0 Å². The third kappa shape index (κ3) is 4.70. The third-order valence-electron chi connectivity index (χ3n) is 2.99. The second-order valence-corrected chi connectivity index (χ2v) is 4.80. The maximum atomic E-state index is 12.0. The van der Waals surface area contributed by atoms with Gasteiger partial charge in [-0.3, -0.25) is 4.79 Å². The Kier molecular flexibility index (Phi) is 6.25. The molecule has 2 N–H and O–H groups in total. The first kappa shape index (κ1) is 16.2. The smallest absolute Gasteiger partial charge is 0.328 e. The molecule has 0 saturated carbocycles. The van der Waals surface area contributed by atoms with Crippen molar-refractivity contribution in [2.75, 3.05) is 0 Å². The van der Waals surface area contributed by atoms with Crippen molar-refractivity contribution < 1.29 is 14.7 Å². The molecule has 0 fully saturated rings. The van der Waals surface area contributed by atoms with Crippen LogP contribution < -0.4 is 5.32 Å². The summed E-state index contributed by atoms with van der Waals surface area (Å²) in [6.07, 6.45) is 4.14. The van der Waals surface area contributed by atoms with E-state index in [1.54, 1.807) is 18.2 Å². The van der Waals surface area contributed by atoms with Crippen molar-refractivity contribution in [2.45, 2.75) is 32.7 Å². The van der Waals surface area contributed by atoms with Gasteiger partial charge in [0.15, 0.2) is 0 Å². The van der Waals surface area contributed by atoms with Crippen LogP contribution in [0.2, 0.25) is 5.02 Å². The van der Waals surface area contributed by atoms with E-state index >= 15 is 0 Å². The van der Waals surface area contributed by atoms with Crippen molar-refractivity contribution in [2.24, 2.45) is 0 Å². The van der Waals surface area contributed by atoms with E-state index in [0.717, 1.165) is 18.9 Å². The van der Waals surface area contributed by atoms with Crippen LogP contribution in [-0.4, -0.2) is 23.0 Å². The van der Waals surface area contributed by atoms with Crippen LogP contribution in [0.15, 0.2) is 24.3 Å². The van der Waals surface area contributed by atoms with Crippen molar-refractivity contribution in [3.8, 4) is 0 Å². The van der Waals surface area contributed by atoms with Crippen LogP contribution in [0.25, 0.3) is 6.08 Å². The highest BCUT2D eigenvalue weighted by Crippen LogP contribution is 2.19. The quantitative estimate of drug-likeness (QED) is 0.791. The van der Waals surface area contributed by atoms with E-state index < -0.39 is 5.97 Å². The summed E-state index contributed by atoms with van der Waals surface area (Å²) >= 11 is 6.04. The largest absolute Gasteiger partial charge is 0.478 e. The summed E-state index contributed by atoms with van der Waals surface area (Å²) in [5.41, 5.74) is 1.03. The predicted molar refractivity (Wildman–Crippen MR) is 80.0 cm³/mol. The van der Waals surface area contributed by atoms with E-state index in [2.05, 4.69) is 5.32 Å². The van der Waals surface area contributed by atoms with E-state index in [1.165, 1.54) is 6.08 Å². The number of benzene rings is 1. The second kappa shape index (κ2) is 7.70. The summed E-state index contributed by atoms with van der Waals surface area (Å²) < 4.78 is 0. The Bertz CT molecular complexity index is 522. The van der Waals surface area contributed by atoms with Gasteiger partial charge in [-0.25, -0.2) is 4.79 Å².